The first kappa shape index (κ1) is 23.8. The molecule has 0 saturated carbocycles. The fourth-order valence-corrected chi connectivity index (χ4v) is 6.15. The molecule has 1 saturated heterocycles. The van der Waals surface area contributed by atoms with Gasteiger partial charge in [-0.15, -0.1) is 0 Å². The van der Waals surface area contributed by atoms with Crippen LogP contribution in [0, 0.1) is 17.6 Å². The van der Waals surface area contributed by atoms with Crippen LogP contribution in [0.25, 0.3) is 10.6 Å². The van der Waals surface area contributed by atoms with Gasteiger partial charge in [0.2, 0.25) is 0 Å². The Balaban J connectivity index is 1.50. The first-order valence-corrected chi connectivity index (χ1v) is 12.5. The number of aromatic nitrogens is 2. The van der Waals surface area contributed by atoms with E-state index in [1.165, 1.54) is 6.07 Å². The Morgan fingerprint density at radius 3 is 2.74 bits per heavy atom. The number of hydrogen-bond donors (Lipinski definition) is 3. The van der Waals surface area contributed by atoms with Gasteiger partial charge in [0.15, 0.2) is 5.78 Å². The molecule has 3 aromatic rings. The number of aliphatic hydroxyl groups excluding tert-OH is 1. The zero-order valence-corrected chi connectivity index (χ0v) is 20.1. The Morgan fingerprint density at radius 1 is 1.29 bits per heavy atom. The topological polar surface area (TPSA) is 118 Å². The molecule has 1 unspecified atom stereocenters. The molecule has 1 aromatic carbocycles. The summed E-state index contributed by atoms with van der Waals surface area (Å²) in [5.41, 5.74) is 15.3. The van der Waals surface area contributed by atoms with E-state index in [-0.39, 0.29) is 39.5 Å². The Labute approximate surface area is 205 Å². The molecule has 7 nitrogen and oxygen atoms in total. The third-order valence-electron chi connectivity index (χ3n) is 6.70. The van der Waals surface area contributed by atoms with E-state index in [1.807, 2.05) is 0 Å². The maximum Gasteiger partial charge on any atom is 0.188 e. The van der Waals surface area contributed by atoms with Crippen molar-refractivity contribution in [2.45, 2.75) is 44.8 Å². The maximum atomic E-state index is 14.3. The fourth-order valence-electron chi connectivity index (χ4n) is 5.26. The summed E-state index contributed by atoms with van der Waals surface area (Å²) in [5.74, 6) is -1.52. The molecule has 35 heavy (non-hydrogen) atoms. The molecule has 0 radical (unpaired) electrons. The quantitative estimate of drug-likeness (QED) is 0.459. The van der Waals surface area contributed by atoms with Gasteiger partial charge in [-0.25, -0.2) is 13.8 Å². The SMILES string of the molecule is C[C@@H]1C[C@H](N)CN(c2c(CC(=O)c3nc(-c4c(F)cccc4F)sc3N)cnc3c2CCC3O)C1. The molecule has 10 heteroatoms. The lowest BCUT2D eigenvalue weighted by atomic mass is 9.93. The number of piperidine rings is 1. The number of anilines is 2. The van der Waals surface area contributed by atoms with E-state index in [1.54, 1.807) is 6.20 Å². The number of thiazole rings is 1. The number of Topliss-reactive ketones (excluding diaryl/α,β-unsaturated/α-hetero) is 1. The zero-order chi connectivity index (χ0) is 24.9. The first-order valence-electron chi connectivity index (χ1n) is 11.7. The molecular formula is C25H27F2N5O2S. The van der Waals surface area contributed by atoms with Crippen molar-refractivity contribution in [3.63, 3.8) is 0 Å². The Bertz CT molecular complexity index is 1270. The predicted molar refractivity (Wildman–Crippen MR) is 131 cm³/mol. The van der Waals surface area contributed by atoms with Gasteiger partial charge in [0.05, 0.1) is 17.4 Å². The summed E-state index contributed by atoms with van der Waals surface area (Å²) in [7, 11) is 0. The van der Waals surface area contributed by atoms with E-state index >= 15 is 0 Å². The van der Waals surface area contributed by atoms with Crippen LogP contribution in [0.3, 0.4) is 0 Å². The van der Waals surface area contributed by atoms with Crippen LogP contribution in [0.1, 0.15) is 53.2 Å². The number of nitrogen functional groups attached to an aromatic ring is 1. The van der Waals surface area contributed by atoms with Crippen LogP contribution in [-0.2, 0) is 12.8 Å². The van der Waals surface area contributed by atoms with Crippen molar-refractivity contribution < 1.29 is 18.7 Å². The van der Waals surface area contributed by atoms with Crippen LogP contribution in [-0.4, -0.2) is 40.0 Å². The summed E-state index contributed by atoms with van der Waals surface area (Å²) in [6.07, 6.45) is 3.14. The molecule has 0 spiro atoms. The number of halogens is 2. The molecular weight excluding hydrogens is 472 g/mol. The van der Waals surface area contributed by atoms with Crippen LogP contribution < -0.4 is 16.4 Å². The number of aliphatic hydroxyl groups is 1. The van der Waals surface area contributed by atoms with Crippen molar-refractivity contribution in [1.29, 1.82) is 0 Å². The summed E-state index contributed by atoms with van der Waals surface area (Å²) in [6, 6.07) is 3.55. The number of hydrogen-bond acceptors (Lipinski definition) is 8. The molecule has 1 aliphatic carbocycles. The Morgan fingerprint density at radius 2 is 2.03 bits per heavy atom. The number of rotatable bonds is 5. The molecule has 5 N–H and O–H groups in total. The summed E-state index contributed by atoms with van der Waals surface area (Å²) >= 11 is 0.878. The van der Waals surface area contributed by atoms with E-state index in [0.717, 1.165) is 47.7 Å². The number of nitrogens with zero attached hydrogens (tertiary/aromatic N) is 3. The molecule has 3 atom stereocenters. The van der Waals surface area contributed by atoms with Crippen molar-refractivity contribution >= 4 is 27.8 Å². The maximum absolute atomic E-state index is 14.3. The van der Waals surface area contributed by atoms with Gasteiger partial charge in [-0.05, 0) is 37.3 Å². The number of nitrogens with two attached hydrogens (primary N) is 2. The third kappa shape index (κ3) is 4.41. The molecule has 1 fully saturated rings. The van der Waals surface area contributed by atoms with Gasteiger partial charge >= 0.3 is 0 Å². The number of pyridine rings is 1. The average Bonchev–Trinajstić information content (AvgIpc) is 3.35. The van der Waals surface area contributed by atoms with Crippen molar-refractivity contribution in [1.82, 2.24) is 9.97 Å². The largest absolute Gasteiger partial charge is 0.389 e. The van der Waals surface area contributed by atoms with Gasteiger partial charge in [-0.3, -0.25) is 9.78 Å². The standard InChI is InChI=1S/C25H27F2N5O2S/c1-12-7-14(28)11-32(10-12)23-13(9-30-21-15(23)5-6-18(21)33)8-19(34)22-24(29)35-25(31-22)20-16(26)3-2-4-17(20)27/h2-4,9,12,14,18,33H,5-8,10-11,28-29H2,1H3/t12-,14+,18?/m1/s1. The lowest BCUT2D eigenvalue weighted by Gasteiger charge is -2.38. The molecule has 3 heterocycles. The molecule has 2 aromatic heterocycles. The average molecular weight is 500 g/mol. The van der Waals surface area contributed by atoms with Gasteiger partial charge in [-0.1, -0.05) is 24.3 Å². The number of fused-ring (bicyclic) bond motifs is 1. The summed E-state index contributed by atoms with van der Waals surface area (Å²) in [6.45, 7) is 3.58. The second-order valence-electron chi connectivity index (χ2n) is 9.48. The minimum absolute atomic E-state index is 0.00449. The number of carbonyl (C=O) groups is 1. The summed E-state index contributed by atoms with van der Waals surface area (Å²) in [5, 5.41) is 10.5. The zero-order valence-electron chi connectivity index (χ0n) is 19.3. The van der Waals surface area contributed by atoms with Gasteiger partial charge in [-0.2, -0.15) is 0 Å². The van der Waals surface area contributed by atoms with Crippen molar-refractivity contribution in [2.75, 3.05) is 23.7 Å². The smallest absolute Gasteiger partial charge is 0.188 e. The van der Waals surface area contributed by atoms with E-state index in [4.69, 9.17) is 11.5 Å². The normalized spacial score (nSPS) is 21.9. The lowest BCUT2D eigenvalue weighted by Crippen LogP contribution is -2.47. The van der Waals surface area contributed by atoms with Gasteiger partial charge in [0, 0.05) is 48.6 Å². The Hall–Kier alpha value is -2.95. The Kier molecular flexibility index (Phi) is 6.29. The predicted octanol–water partition coefficient (Wildman–Crippen LogP) is 3.64. The van der Waals surface area contributed by atoms with E-state index in [2.05, 4.69) is 21.8 Å². The van der Waals surface area contributed by atoms with Crippen LogP contribution in [0.5, 0.6) is 0 Å². The van der Waals surface area contributed by atoms with Gasteiger partial charge in [0.1, 0.15) is 27.3 Å². The molecule has 2 aliphatic rings. The minimum Gasteiger partial charge on any atom is -0.389 e. The highest BCUT2D eigenvalue weighted by molar-refractivity contribution is 7.19. The molecule has 5 rings (SSSR count). The van der Waals surface area contributed by atoms with Gasteiger partial charge in [0.25, 0.3) is 0 Å². The number of carbonyl (C=O) groups excluding carboxylic acids is 1. The summed E-state index contributed by atoms with van der Waals surface area (Å²) in [4.78, 5) is 24.2. The third-order valence-corrected chi connectivity index (χ3v) is 7.60. The van der Waals surface area contributed by atoms with Crippen molar-refractivity contribution in [3.8, 4) is 10.6 Å². The van der Waals surface area contributed by atoms with Crippen LogP contribution in [0.2, 0.25) is 0 Å². The number of ketones is 1. The van der Waals surface area contributed by atoms with Crippen LogP contribution in [0.4, 0.5) is 19.5 Å². The first-order chi connectivity index (χ1) is 16.7. The van der Waals surface area contributed by atoms with Crippen molar-refractivity contribution in [2.24, 2.45) is 11.7 Å². The lowest BCUT2D eigenvalue weighted by molar-refractivity contribution is 0.0989. The molecule has 0 bridgehead atoms. The molecule has 184 valence electrons. The monoisotopic (exact) mass is 499 g/mol. The van der Waals surface area contributed by atoms with Crippen LogP contribution in [0.15, 0.2) is 24.4 Å². The summed E-state index contributed by atoms with van der Waals surface area (Å²) < 4.78 is 28.5. The van der Waals surface area contributed by atoms with Gasteiger partial charge < -0.3 is 21.5 Å². The van der Waals surface area contributed by atoms with E-state index < -0.39 is 17.7 Å². The van der Waals surface area contributed by atoms with E-state index in [0.29, 0.717) is 36.6 Å². The second-order valence-corrected chi connectivity index (χ2v) is 10.5. The molecule has 1 aliphatic heterocycles. The second kappa shape index (κ2) is 9.25. The highest BCUT2D eigenvalue weighted by Crippen LogP contribution is 2.40. The minimum atomic E-state index is -0.767. The number of benzene rings is 1. The van der Waals surface area contributed by atoms with Crippen molar-refractivity contribution in [3.05, 3.63) is 58.5 Å². The molecule has 0 amide bonds. The van der Waals surface area contributed by atoms with Crippen LogP contribution >= 0.6 is 11.3 Å². The van der Waals surface area contributed by atoms with E-state index in [9.17, 15) is 18.7 Å². The highest BCUT2D eigenvalue weighted by Gasteiger charge is 2.32. The highest BCUT2D eigenvalue weighted by atomic mass is 32.1. The fraction of sp³-hybridized carbons (Fsp3) is 0.400.